The van der Waals surface area contributed by atoms with Crippen LogP contribution in [0.4, 0.5) is 13.2 Å². The van der Waals surface area contributed by atoms with Crippen LogP contribution in [0.2, 0.25) is 0 Å². The number of hydrogen-bond acceptors (Lipinski definition) is 3. The van der Waals surface area contributed by atoms with Gasteiger partial charge in [-0.2, -0.15) is 21.6 Å². The maximum atomic E-state index is 13.2. The maximum Gasteiger partial charge on any atom is 0.534 e. The topological polar surface area (TPSA) is 43.4 Å². The minimum absolute atomic E-state index is 0.251. The molecule has 0 heterocycles. The molecule has 30 heavy (non-hydrogen) atoms. The Bertz CT molecular complexity index is 1300. The summed E-state index contributed by atoms with van der Waals surface area (Å²) in [6, 6.07) is 25.9. The van der Waals surface area contributed by atoms with E-state index < -0.39 is 15.6 Å². The largest absolute Gasteiger partial charge is 0.534 e. The fourth-order valence-electron chi connectivity index (χ4n) is 3.30. The van der Waals surface area contributed by atoms with Crippen LogP contribution in [-0.2, 0) is 10.1 Å². The van der Waals surface area contributed by atoms with Gasteiger partial charge in [-0.05, 0) is 28.0 Å². The molecule has 4 aromatic carbocycles. The molecule has 0 aliphatic carbocycles. The van der Waals surface area contributed by atoms with Gasteiger partial charge < -0.3 is 4.18 Å². The molecular weight excluding hydrogens is 413 g/mol. The van der Waals surface area contributed by atoms with Gasteiger partial charge >= 0.3 is 15.6 Å². The van der Waals surface area contributed by atoms with Gasteiger partial charge in [0.15, 0.2) is 5.75 Å². The third-order valence-electron chi connectivity index (χ3n) is 4.63. The van der Waals surface area contributed by atoms with E-state index in [0.717, 1.165) is 5.39 Å². The lowest BCUT2D eigenvalue weighted by molar-refractivity contribution is -0.0499. The zero-order valence-corrected chi connectivity index (χ0v) is 16.2. The van der Waals surface area contributed by atoms with Crippen LogP contribution in [0.5, 0.6) is 5.75 Å². The molecule has 0 bridgehead atoms. The second-order valence-electron chi connectivity index (χ2n) is 6.56. The van der Waals surface area contributed by atoms with E-state index in [2.05, 4.69) is 0 Å². The summed E-state index contributed by atoms with van der Waals surface area (Å²) in [6.45, 7) is 0. The number of halogens is 3. The molecule has 0 aliphatic heterocycles. The predicted octanol–water partition coefficient (Wildman–Crippen LogP) is 6.40. The van der Waals surface area contributed by atoms with E-state index in [1.807, 2.05) is 6.07 Å². The standard InChI is InChI=1S/C23H15F3O3S/c24-23(25,26)30(27,28)29-22-20(16-9-3-1-4-10-16)15-18-13-7-8-14-19(18)21(22)17-11-5-2-6-12-17/h1-15H. The Labute approximate surface area is 171 Å². The fraction of sp³-hybridized carbons (Fsp3) is 0.0435. The first-order valence-electron chi connectivity index (χ1n) is 8.95. The predicted molar refractivity (Wildman–Crippen MR) is 110 cm³/mol. The van der Waals surface area contributed by atoms with Crippen LogP contribution in [-0.4, -0.2) is 13.9 Å². The van der Waals surface area contributed by atoms with Crippen LogP contribution in [0.15, 0.2) is 91.0 Å². The van der Waals surface area contributed by atoms with Crippen molar-refractivity contribution in [3.05, 3.63) is 91.0 Å². The highest BCUT2D eigenvalue weighted by atomic mass is 32.2. The number of benzene rings is 4. The molecule has 4 aromatic rings. The van der Waals surface area contributed by atoms with Gasteiger partial charge in [0.25, 0.3) is 0 Å². The third-order valence-corrected chi connectivity index (χ3v) is 5.58. The van der Waals surface area contributed by atoms with Crippen LogP contribution in [0.1, 0.15) is 0 Å². The molecule has 152 valence electrons. The van der Waals surface area contributed by atoms with Gasteiger partial charge in [-0.1, -0.05) is 84.9 Å². The van der Waals surface area contributed by atoms with Crippen molar-refractivity contribution in [3.8, 4) is 28.0 Å². The zero-order valence-electron chi connectivity index (χ0n) is 15.4. The van der Waals surface area contributed by atoms with E-state index in [1.54, 1.807) is 84.9 Å². The Morgan fingerprint density at radius 2 is 1.23 bits per heavy atom. The van der Waals surface area contributed by atoms with Crippen molar-refractivity contribution in [2.75, 3.05) is 0 Å². The molecule has 0 saturated carbocycles. The quantitative estimate of drug-likeness (QED) is 0.279. The molecule has 4 rings (SSSR count). The summed E-state index contributed by atoms with van der Waals surface area (Å²) in [6.07, 6.45) is 0. The Hall–Kier alpha value is -3.32. The minimum Gasteiger partial charge on any atom is -0.375 e. The van der Waals surface area contributed by atoms with E-state index in [0.29, 0.717) is 16.5 Å². The minimum atomic E-state index is -5.88. The molecular formula is C23H15F3O3S. The summed E-state index contributed by atoms with van der Waals surface area (Å²) in [5, 5.41) is 1.32. The second-order valence-corrected chi connectivity index (χ2v) is 8.10. The highest BCUT2D eigenvalue weighted by molar-refractivity contribution is 7.88. The highest BCUT2D eigenvalue weighted by Gasteiger charge is 2.49. The fourth-order valence-corrected chi connectivity index (χ4v) is 3.78. The normalized spacial score (nSPS) is 12.1. The molecule has 0 saturated heterocycles. The molecule has 3 nitrogen and oxygen atoms in total. The molecule has 0 radical (unpaired) electrons. The van der Waals surface area contributed by atoms with Crippen molar-refractivity contribution in [2.45, 2.75) is 5.51 Å². The lowest BCUT2D eigenvalue weighted by Gasteiger charge is -2.19. The van der Waals surface area contributed by atoms with Gasteiger partial charge in [0, 0.05) is 11.1 Å². The zero-order chi connectivity index (χ0) is 21.4. The Balaban J connectivity index is 2.12. The second kappa shape index (κ2) is 7.50. The molecule has 0 spiro atoms. The maximum absolute atomic E-state index is 13.2. The van der Waals surface area contributed by atoms with Gasteiger partial charge in [-0.3, -0.25) is 0 Å². The molecule has 0 fully saturated rings. The number of rotatable bonds is 4. The Morgan fingerprint density at radius 3 is 1.83 bits per heavy atom. The van der Waals surface area contributed by atoms with Crippen LogP contribution < -0.4 is 4.18 Å². The Morgan fingerprint density at radius 1 is 0.700 bits per heavy atom. The average molecular weight is 428 g/mol. The smallest absolute Gasteiger partial charge is 0.375 e. The molecule has 0 unspecified atom stereocenters. The van der Waals surface area contributed by atoms with Crippen molar-refractivity contribution in [2.24, 2.45) is 0 Å². The molecule has 0 aromatic heterocycles. The number of hydrogen-bond donors (Lipinski definition) is 0. The van der Waals surface area contributed by atoms with Gasteiger partial charge in [0.2, 0.25) is 0 Å². The molecule has 0 amide bonds. The van der Waals surface area contributed by atoms with E-state index >= 15 is 0 Å². The molecule has 7 heteroatoms. The lowest BCUT2D eigenvalue weighted by atomic mass is 9.91. The summed E-state index contributed by atoms with van der Waals surface area (Å²) in [4.78, 5) is 0. The molecule has 0 atom stereocenters. The summed E-state index contributed by atoms with van der Waals surface area (Å²) >= 11 is 0. The van der Waals surface area contributed by atoms with Crippen LogP contribution in [0.3, 0.4) is 0 Å². The lowest BCUT2D eigenvalue weighted by Crippen LogP contribution is -2.28. The SMILES string of the molecule is O=S(=O)(Oc1c(-c2ccccc2)cc2ccccc2c1-c1ccccc1)C(F)(F)F. The van der Waals surface area contributed by atoms with E-state index in [1.165, 1.54) is 0 Å². The van der Waals surface area contributed by atoms with Gasteiger partial charge in [-0.15, -0.1) is 0 Å². The van der Waals surface area contributed by atoms with Crippen LogP contribution >= 0.6 is 0 Å². The first kappa shape index (κ1) is 20.0. The average Bonchev–Trinajstić information content (AvgIpc) is 2.73. The van der Waals surface area contributed by atoms with Gasteiger partial charge in [0.1, 0.15) is 0 Å². The van der Waals surface area contributed by atoms with Gasteiger partial charge in [0.05, 0.1) is 0 Å². The van der Waals surface area contributed by atoms with Crippen molar-refractivity contribution in [1.82, 2.24) is 0 Å². The summed E-state index contributed by atoms with van der Waals surface area (Å²) in [5.41, 5.74) is -3.95. The third kappa shape index (κ3) is 3.64. The summed E-state index contributed by atoms with van der Waals surface area (Å²) in [5.74, 6) is -0.358. The van der Waals surface area contributed by atoms with Crippen molar-refractivity contribution < 1.29 is 25.8 Å². The van der Waals surface area contributed by atoms with Crippen molar-refractivity contribution >= 4 is 20.9 Å². The summed E-state index contributed by atoms with van der Waals surface area (Å²) in [7, 11) is -5.88. The van der Waals surface area contributed by atoms with Crippen LogP contribution in [0, 0.1) is 0 Å². The molecule has 0 aliphatic rings. The highest BCUT2D eigenvalue weighted by Crippen LogP contribution is 2.46. The van der Waals surface area contributed by atoms with Gasteiger partial charge in [-0.25, -0.2) is 0 Å². The monoisotopic (exact) mass is 428 g/mol. The first-order valence-corrected chi connectivity index (χ1v) is 10.4. The van der Waals surface area contributed by atoms with E-state index in [-0.39, 0.29) is 16.9 Å². The summed E-state index contributed by atoms with van der Waals surface area (Å²) < 4.78 is 68.3. The van der Waals surface area contributed by atoms with E-state index in [9.17, 15) is 21.6 Å². The van der Waals surface area contributed by atoms with Crippen LogP contribution in [0.25, 0.3) is 33.0 Å². The number of fused-ring (bicyclic) bond motifs is 1. The van der Waals surface area contributed by atoms with Crippen molar-refractivity contribution in [1.29, 1.82) is 0 Å². The Kier molecular flexibility index (Phi) is 4.99. The first-order chi connectivity index (χ1) is 14.3. The number of alkyl halides is 3. The van der Waals surface area contributed by atoms with E-state index in [4.69, 9.17) is 4.18 Å². The van der Waals surface area contributed by atoms with Crippen molar-refractivity contribution in [3.63, 3.8) is 0 Å². The molecule has 0 N–H and O–H groups in total.